The first kappa shape index (κ1) is 19.3. The number of carbonyl (C=O) groups excluding carboxylic acids is 2. The Morgan fingerprint density at radius 3 is 2.56 bits per heavy atom. The Bertz CT molecular complexity index is 570. The molecule has 3 atom stereocenters. The van der Waals surface area contributed by atoms with E-state index in [1.807, 2.05) is 24.3 Å². The van der Waals surface area contributed by atoms with Crippen LogP contribution in [0.4, 0.5) is 0 Å². The maximum atomic E-state index is 12.0. The van der Waals surface area contributed by atoms with Crippen LogP contribution in [0.1, 0.15) is 45.1 Å². The van der Waals surface area contributed by atoms with Crippen molar-refractivity contribution in [2.75, 3.05) is 13.7 Å². The number of methoxy groups -OCH3 is 1. The number of aryl methyl sites for hydroxylation is 1. The van der Waals surface area contributed by atoms with Crippen LogP contribution in [-0.2, 0) is 20.7 Å². The fraction of sp³-hybridized carbons (Fsp3) is 0.600. The maximum absolute atomic E-state index is 12.0. The number of benzene rings is 1. The molecule has 1 aromatic rings. The van der Waals surface area contributed by atoms with Gasteiger partial charge in [-0.05, 0) is 42.4 Å². The minimum atomic E-state index is -0.351. The molecule has 2 rings (SSSR count). The van der Waals surface area contributed by atoms with Gasteiger partial charge in [-0.3, -0.25) is 9.59 Å². The molecule has 1 aromatic carbocycles. The third-order valence-electron chi connectivity index (χ3n) is 5.19. The zero-order chi connectivity index (χ0) is 18.2. The maximum Gasteiger partial charge on any atom is 0.306 e. The average molecular weight is 347 g/mol. The number of rotatable bonds is 7. The second-order valence-electron chi connectivity index (χ2n) is 6.95. The minimum absolute atomic E-state index is 0.189. The quantitative estimate of drug-likeness (QED) is 0.770. The molecule has 5 heteroatoms. The molecule has 0 bridgehead atoms. The van der Waals surface area contributed by atoms with Crippen LogP contribution in [0.25, 0.3) is 0 Å². The number of hydrogen-bond donors (Lipinski definition) is 1. The van der Waals surface area contributed by atoms with Crippen LogP contribution in [0.2, 0.25) is 0 Å². The predicted octanol–water partition coefficient (Wildman–Crippen LogP) is 3.11. The van der Waals surface area contributed by atoms with Gasteiger partial charge in [-0.25, -0.2) is 0 Å². The number of ether oxygens (including phenoxy) is 2. The number of hydrogen-bond acceptors (Lipinski definition) is 4. The molecule has 1 N–H and O–H groups in total. The van der Waals surface area contributed by atoms with Crippen molar-refractivity contribution in [3.05, 3.63) is 29.8 Å². The normalized spacial score (nSPS) is 22.9. The fourth-order valence-corrected chi connectivity index (χ4v) is 3.29. The van der Waals surface area contributed by atoms with Crippen molar-refractivity contribution in [2.45, 2.75) is 52.0 Å². The van der Waals surface area contributed by atoms with Crippen LogP contribution in [0.15, 0.2) is 24.3 Å². The van der Waals surface area contributed by atoms with Crippen LogP contribution in [0.3, 0.4) is 0 Å². The highest BCUT2D eigenvalue weighted by Crippen LogP contribution is 2.29. The van der Waals surface area contributed by atoms with E-state index in [9.17, 15) is 9.59 Å². The van der Waals surface area contributed by atoms with Crippen molar-refractivity contribution in [1.82, 2.24) is 5.32 Å². The van der Waals surface area contributed by atoms with Crippen molar-refractivity contribution < 1.29 is 19.1 Å². The summed E-state index contributed by atoms with van der Waals surface area (Å²) >= 11 is 0. The molecule has 1 saturated carbocycles. The van der Waals surface area contributed by atoms with Crippen molar-refractivity contribution in [3.63, 3.8) is 0 Å². The molecule has 5 nitrogen and oxygen atoms in total. The predicted molar refractivity (Wildman–Crippen MR) is 96.4 cm³/mol. The van der Waals surface area contributed by atoms with E-state index in [0.717, 1.165) is 24.2 Å². The third-order valence-corrected chi connectivity index (χ3v) is 5.19. The number of esters is 1. The van der Waals surface area contributed by atoms with E-state index in [4.69, 9.17) is 9.47 Å². The Morgan fingerprint density at radius 2 is 1.88 bits per heavy atom. The SMILES string of the molecule is COc1ccc(CCC(=O)OCC(=O)N[C@H]2CCC[C@@H](C)[C@H]2C)cc1. The second-order valence-corrected chi connectivity index (χ2v) is 6.95. The lowest BCUT2D eigenvalue weighted by Gasteiger charge is -2.34. The van der Waals surface area contributed by atoms with E-state index < -0.39 is 0 Å². The zero-order valence-corrected chi connectivity index (χ0v) is 15.4. The lowest BCUT2D eigenvalue weighted by molar-refractivity contribution is -0.148. The number of nitrogens with one attached hydrogen (secondary N) is 1. The third kappa shape index (κ3) is 6.07. The van der Waals surface area contributed by atoms with Crippen molar-refractivity contribution in [3.8, 4) is 5.75 Å². The van der Waals surface area contributed by atoms with E-state index in [2.05, 4.69) is 19.2 Å². The topological polar surface area (TPSA) is 64.6 Å². The molecule has 1 amide bonds. The second kappa shape index (κ2) is 9.44. The summed E-state index contributed by atoms with van der Waals surface area (Å²) in [7, 11) is 1.62. The summed E-state index contributed by atoms with van der Waals surface area (Å²) < 4.78 is 10.2. The molecule has 0 unspecified atom stereocenters. The highest BCUT2D eigenvalue weighted by atomic mass is 16.5. The molecule has 1 aliphatic rings. The fourth-order valence-electron chi connectivity index (χ4n) is 3.29. The summed E-state index contributed by atoms with van der Waals surface area (Å²) in [4.78, 5) is 23.8. The highest BCUT2D eigenvalue weighted by Gasteiger charge is 2.28. The van der Waals surface area contributed by atoms with Gasteiger partial charge < -0.3 is 14.8 Å². The van der Waals surface area contributed by atoms with Crippen LogP contribution in [0.5, 0.6) is 5.75 Å². The van der Waals surface area contributed by atoms with Crippen LogP contribution in [-0.4, -0.2) is 31.6 Å². The first-order valence-electron chi connectivity index (χ1n) is 9.07. The van der Waals surface area contributed by atoms with Gasteiger partial charge in [0, 0.05) is 12.5 Å². The highest BCUT2D eigenvalue weighted by molar-refractivity contribution is 5.80. The lowest BCUT2D eigenvalue weighted by atomic mass is 9.78. The Balaban J connectivity index is 1.67. The van der Waals surface area contributed by atoms with E-state index in [1.54, 1.807) is 7.11 Å². The molecule has 0 heterocycles. The molecule has 0 aromatic heterocycles. The van der Waals surface area contributed by atoms with Gasteiger partial charge in [0.15, 0.2) is 6.61 Å². The Hall–Kier alpha value is -2.04. The molecular weight excluding hydrogens is 318 g/mol. The summed E-state index contributed by atoms with van der Waals surface area (Å²) in [6, 6.07) is 7.75. The molecule has 0 radical (unpaired) electrons. The monoisotopic (exact) mass is 347 g/mol. The molecular formula is C20H29NO4. The van der Waals surface area contributed by atoms with Crippen LogP contribution < -0.4 is 10.1 Å². The Kier molecular flexibility index (Phi) is 7.29. The smallest absolute Gasteiger partial charge is 0.306 e. The first-order valence-corrected chi connectivity index (χ1v) is 9.07. The first-order chi connectivity index (χ1) is 12.0. The number of amides is 1. The summed E-state index contributed by atoms with van der Waals surface area (Å²) in [6.07, 6.45) is 4.20. The van der Waals surface area contributed by atoms with Crippen LogP contribution >= 0.6 is 0 Å². The molecule has 0 aliphatic heterocycles. The lowest BCUT2D eigenvalue weighted by Crippen LogP contribution is -2.45. The summed E-state index contributed by atoms with van der Waals surface area (Å²) in [5.74, 6) is 1.31. The zero-order valence-electron chi connectivity index (χ0n) is 15.4. The molecule has 25 heavy (non-hydrogen) atoms. The largest absolute Gasteiger partial charge is 0.497 e. The minimum Gasteiger partial charge on any atom is -0.497 e. The van der Waals surface area contributed by atoms with E-state index >= 15 is 0 Å². The van der Waals surface area contributed by atoms with E-state index in [1.165, 1.54) is 6.42 Å². The van der Waals surface area contributed by atoms with Gasteiger partial charge in [-0.15, -0.1) is 0 Å². The summed E-state index contributed by atoms with van der Waals surface area (Å²) in [5, 5.41) is 3.01. The Labute approximate surface area is 150 Å². The van der Waals surface area contributed by atoms with Gasteiger partial charge in [-0.2, -0.15) is 0 Å². The van der Waals surface area contributed by atoms with Gasteiger partial charge in [0.05, 0.1) is 7.11 Å². The van der Waals surface area contributed by atoms with Crippen LogP contribution in [0, 0.1) is 11.8 Å². The molecule has 1 aliphatic carbocycles. The van der Waals surface area contributed by atoms with Crippen molar-refractivity contribution >= 4 is 11.9 Å². The van der Waals surface area contributed by atoms with E-state index in [-0.39, 0.29) is 30.9 Å². The van der Waals surface area contributed by atoms with Gasteiger partial charge in [0.25, 0.3) is 5.91 Å². The van der Waals surface area contributed by atoms with Gasteiger partial charge in [0.1, 0.15) is 5.75 Å². The summed E-state index contributed by atoms with van der Waals surface area (Å²) in [6.45, 7) is 4.21. The molecule has 1 fully saturated rings. The summed E-state index contributed by atoms with van der Waals surface area (Å²) in [5.41, 5.74) is 1.03. The van der Waals surface area contributed by atoms with Crippen molar-refractivity contribution in [2.24, 2.45) is 11.8 Å². The van der Waals surface area contributed by atoms with Gasteiger partial charge >= 0.3 is 5.97 Å². The molecule has 138 valence electrons. The van der Waals surface area contributed by atoms with E-state index in [0.29, 0.717) is 18.3 Å². The number of carbonyl (C=O) groups is 2. The average Bonchev–Trinajstić information content (AvgIpc) is 2.62. The van der Waals surface area contributed by atoms with Gasteiger partial charge in [0.2, 0.25) is 0 Å². The molecule has 0 spiro atoms. The van der Waals surface area contributed by atoms with Gasteiger partial charge in [-0.1, -0.05) is 38.8 Å². The van der Waals surface area contributed by atoms with Crippen molar-refractivity contribution in [1.29, 1.82) is 0 Å². The standard InChI is InChI=1S/C20H29NO4/c1-14-5-4-6-18(15(14)2)21-19(22)13-25-20(23)12-9-16-7-10-17(24-3)11-8-16/h7-8,10-11,14-15,18H,4-6,9,12-13H2,1-3H3,(H,21,22)/t14-,15-,18+/m1/s1. The molecule has 0 saturated heterocycles. The Morgan fingerprint density at radius 1 is 1.16 bits per heavy atom.